The van der Waals surface area contributed by atoms with Crippen molar-refractivity contribution in [3.05, 3.63) is 18.2 Å². The number of rotatable bonds is 12. The Balaban J connectivity index is 2.95. The molecule has 4 atom stereocenters. The molecule has 4 unspecified atom stereocenters. The molecule has 0 aliphatic carbocycles. The zero-order chi connectivity index (χ0) is 22.8. The van der Waals surface area contributed by atoms with Crippen LogP contribution in [-0.4, -0.2) is 63.4 Å². The number of carboxylic acid groups (broad SMARTS) is 1. The second-order valence-electron chi connectivity index (χ2n) is 7.60. The van der Waals surface area contributed by atoms with Gasteiger partial charge in [-0.15, -0.1) is 0 Å². The van der Waals surface area contributed by atoms with Crippen LogP contribution in [0, 0.1) is 11.8 Å². The predicted octanol–water partition coefficient (Wildman–Crippen LogP) is -0.848. The average Bonchev–Trinajstić information content (AvgIpc) is 3.20. The van der Waals surface area contributed by atoms with Crippen LogP contribution in [0.4, 0.5) is 0 Å². The lowest BCUT2D eigenvalue weighted by molar-refractivity contribution is -0.139. The molecule has 0 fully saturated rings. The van der Waals surface area contributed by atoms with Gasteiger partial charge in [-0.2, -0.15) is 0 Å². The van der Waals surface area contributed by atoms with Crippen LogP contribution in [0.25, 0.3) is 0 Å². The largest absolute Gasteiger partial charge is 0.480 e. The fraction of sp³-hybridized carbons (Fsp3) is 0.632. The van der Waals surface area contributed by atoms with Crippen LogP contribution in [0.15, 0.2) is 12.5 Å². The minimum Gasteiger partial charge on any atom is -0.480 e. The Morgan fingerprint density at radius 2 is 1.80 bits per heavy atom. The van der Waals surface area contributed by atoms with Crippen molar-refractivity contribution in [1.82, 2.24) is 25.9 Å². The summed E-state index contributed by atoms with van der Waals surface area (Å²) >= 11 is 0. The number of hydrogen-bond donors (Lipinski definition) is 6. The van der Waals surface area contributed by atoms with Gasteiger partial charge in [0.25, 0.3) is 0 Å². The molecule has 7 N–H and O–H groups in total. The van der Waals surface area contributed by atoms with Crippen molar-refractivity contribution in [2.75, 3.05) is 6.54 Å². The van der Waals surface area contributed by atoms with Crippen molar-refractivity contribution in [3.8, 4) is 0 Å². The summed E-state index contributed by atoms with van der Waals surface area (Å²) < 4.78 is 0. The van der Waals surface area contributed by atoms with Gasteiger partial charge in [-0.3, -0.25) is 19.2 Å². The molecule has 1 aromatic rings. The molecule has 30 heavy (non-hydrogen) atoms. The summed E-state index contributed by atoms with van der Waals surface area (Å²) in [4.78, 5) is 55.2. The average molecular weight is 425 g/mol. The van der Waals surface area contributed by atoms with E-state index in [4.69, 9.17) is 10.8 Å². The number of nitrogens with two attached hydrogens (primary N) is 1. The molecule has 0 aliphatic rings. The molecule has 3 amide bonds. The number of nitrogens with zero attached hydrogens (tertiary/aromatic N) is 1. The van der Waals surface area contributed by atoms with Gasteiger partial charge in [-0.1, -0.05) is 34.1 Å². The van der Waals surface area contributed by atoms with E-state index in [9.17, 15) is 19.2 Å². The highest BCUT2D eigenvalue weighted by molar-refractivity contribution is 5.94. The quantitative estimate of drug-likeness (QED) is 0.253. The third-order valence-corrected chi connectivity index (χ3v) is 4.83. The van der Waals surface area contributed by atoms with Crippen LogP contribution >= 0.6 is 0 Å². The maximum Gasteiger partial charge on any atom is 0.322 e. The highest BCUT2D eigenvalue weighted by Gasteiger charge is 2.31. The van der Waals surface area contributed by atoms with Crippen LogP contribution in [-0.2, 0) is 25.6 Å². The second kappa shape index (κ2) is 11.9. The third kappa shape index (κ3) is 7.82. The summed E-state index contributed by atoms with van der Waals surface area (Å²) in [5.74, 6) is -3.26. The normalized spacial score (nSPS) is 15.0. The highest BCUT2D eigenvalue weighted by atomic mass is 16.4. The number of nitrogens with one attached hydrogen (secondary N) is 4. The maximum absolute atomic E-state index is 12.9. The molecule has 0 saturated heterocycles. The first-order valence-corrected chi connectivity index (χ1v) is 9.89. The number of imidazole rings is 1. The first-order chi connectivity index (χ1) is 14.1. The number of H-pyrrole nitrogens is 1. The van der Waals surface area contributed by atoms with Crippen molar-refractivity contribution < 1.29 is 24.3 Å². The van der Waals surface area contributed by atoms with Crippen LogP contribution in [0.1, 0.15) is 39.8 Å². The van der Waals surface area contributed by atoms with E-state index in [1.54, 1.807) is 13.8 Å². The maximum atomic E-state index is 12.9. The number of aromatic nitrogens is 2. The van der Waals surface area contributed by atoms with Gasteiger partial charge in [-0.25, -0.2) is 4.98 Å². The zero-order valence-electron chi connectivity index (χ0n) is 17.8. The molecule has 1 rings (SSSR count). The lowest BCUT2D eigenvalue weighted by Crippen LogP contribution is -2.58. The zero-order valence-corrected chi connectivity index (χ0v) is 17.8. The van der Waals surface area contributed by atoms with Crippen molar-refractivity contribution in [1.29, 1.82) is 0 Å². The molecule has 0 aromatic carbocycles. The van der Waals surface area contributed by atoms with Gasteiger partial charge in [-0.05, 0) is 11.8 Å². The van der Waals surface area contributed by atoms with Gasteiger partial charge < -0.3 is 31.8 Å². The Kier molecular flexibility index (Phi) is 9.96. The Morgan fingerprint density at radius 3 is 2.30 bits per heavy atom. The van der Waals surface area contributed by atoms with E-state index >= 15 is 0 Å². The molecule has 11 nitrogen and oxygen atoms in total. The minimum atomic E-state index is -1.19. The van der Waals surface area contributed by atoms with E-state index in [1.807, 2.05) is 13.8 Å². The van der Waals surface area contributed by atoms with Gasteiger partial charge in [0, 0.05) is 18.3 Å². The van der Waals surface area contributed by atoms with Gasteiger partial charge >= 0.3 is 5.97 Å². The molecule has 1 heterocycles. The van der Waals surface area contributed by atoms with E-state index < -0.39 is 48.4 Å². The Morgan fingerprint density at radius 1 is 1.13 bits per heavy atom. The predicted molar refractivity (Wildman–Crippen MR) is 109 cm³/mol. The fourth-order valence-electron chi connectivity index (χ4n) is 2.67. The summed E-state index contributed by atoms with van der Waals surface area (Å²) in [6.07, 6.45) is 3.80. The minimum absolute atomic E-state index is 0.0777. The highest BCUT2D eigenvalue weighted by Crippen LogP contribution is 2.08. The molecule has 0 radical (unpaired) electrons. The van der Waals surface area contributed by atoms with Gasteiger partial charge in [0.1, 0.15) is 18.6 Å². The molecular weight excluding hydrogens is 392 g/mol. The van der Waals surface area contributed by atoms with Crippen molar-refractivity contribution in [2.45, 2.75) is 58.7 Å². The van der Waals surface area contributed by atoms with Gasteiger partial charge in [0.15, 0.2) is 0 Å². The SMILES string of the molecule is CCC(C)C(N)C(=O)NC(Cc1cnc[nH]1)C(=O)NC(C(=O)NCC(=O)O)C(C)C. The van der Waals surface area contributed by atoms with E-state index in [0.717, 1.165) is 0 Å². The van der Waals surface area contributed by atoms with Crippen LogP contribution in [0.3, 0.4) is 0 Å². The Hall–Kier alpha value is -2.95. The topological polar surface area (TPSA) is 179 Å². The monoisotopic (exact) mass is 424 g/mol. The van der Waals surface area contributed by atoms with Gasteiger partial charge in [0.05, 0.1) is 12.4 Å². The van der Waals surface area contributed by atoms with Crippen LogP contribution < -0.4 is 21.7 Å². The molecule has 11 heteroatoms. The van der Waals surface area contributed by atoms with E-state index in [0.29, 0.717) is 12.1 Å². The third-order valence-electron chi connectivity index (χ3n) is 4.83. The van der Waals surface area contributed by atoms with Gasteiger partial charge in [0.2, 0.25) is 17.7 Å². The molecule has 0 saturated carbocycles. The van der Waals surface area contributed by atoms with Crippen LogP contribution in [0.2, 0.25) is 0 Å². The molecule has 1 aromatic heterocycles. The number of aromatic amines is 1. The summed E-state index contributed by atoms with van der Waals surface area (Å²) in [6, 6.07) is -2.75. The summed E-state index contributed by atoms with van der Waals surface area (Å²) in [5.41, 5.74) is 6.59. The summed E-state index contributed by atoms with van der Waals surface area (Å²) in [6.45, 7) is 6.63. The fourth-order valence-corrected chi connectivity index (χ4v) is 2.67. The van der Waals surface area contributed by atoms with Crippen LogP contribution in [0.5, 0.6) is 0 Å². The number of aliphatic carboxylic acids is 1. The number of hydrogen-bond acceptors (Lipinski definition) is 6. The molecule has 0 aliphatic heterocycles. The molecule has 168 valence electrons. The number of carbonyl (C=O) groups excluding carboxylic acids is 3. The number of carboxylic acids is 1. The van der Waals surface area contributed by atoms with Crippen molar-refractivity contribution in [2.24, 2.45) is 17.6 Å². The molecule has 0 bridgehead atoms. The first kappa shape index (κ1) is 25.1. The number of amides is 3. The van der Waals surface area contributed by atoms with E-state index in [-0.39, 0.29) is 18.3 Å². The summed E-state index contributed by atoms with van der Waals surface area (Å²) in [5, 5.41) is 16.3. The number of carbonyl (C=O) groups is 4. The lowest BCUT2D eigenvalue weighted by atomic mass is 9.98. The Bertz CT molecular complexity index is 721. The Labute approximate surface area is 175 Å². The second-order valence-corrected chi connectivity index (χ2v) is 7.60. The van der Waals surface area contributed by atoms with Crippen molar-refractivity contribution >= 4 is 23.7 Å². The molecular formula is C19H32N6O5. The standard InChI is InChI=1S/C19H32N6O5/c1-5-11(4)15(20)18(29)24-13(6-12-7-21-9-23-12)17(28)25-16(10(2)3)19(30)22-8-14(26)27/h7,9-11,13,15-16H,5-6,8,20H2,1-4H3,(H,21,23)(H,22,30)(H,24,29)(H,25,28)(H,26,27). The lowest BCUT2D eigenvalue weighted by Gasteiger charge is -2.26. The first-order valence-electron chi connectivity index (χ1n) is 9.89. The van der Waals surface area contributed by atoms with E-state index in [2.05, 4.69) is 25.9 Å². The van der Waals surface area contributed by atoms with Crippen molar-refractivity contribution in [3.63, 3.8) is 0 Å². The van der Waals surface area contributed by atoms with E-state index in [1.165, 1.54) is 12.5 Å². The molecule has 0 spiro atoms. The summed E-state index contributed by atoms with van der Waals surface area (Å²) in [7, 11) is 0. The smallest absolute Gasteiger partial charge is 0.322 e.